The van der Waals surface area contributed by atoms with Gasteiger partial charge in [0.05, 0.1) is 15.4 Å². The number of aromatic nitrogens is 1. The Kier molecular flexibility index (Phi) is 3.99. The van der Waals surface area contributed by atoms with Gasteiger partial charge < -0.3 is 9.84 Å². The molecule has 0 saturated heterocycles. The molecule has 0 bridgehead atoms. The number of ether oxygens (including phenoxy) is 1. The summed E-state index contributed by atoms with van der Waals surface area (Å²) in [6.07, 6.45) is 0. The molecule has 0 aliphatic rings. The zero-order valence-corrected chi connectivity index (χ0v) is 13.3. The third-order valence-corrected chi connectivity index (χ3v) is 4.52. The molecule has 2 heterocycles. The smallest absolute Gasteiger partial charge is 0.388 e. The number of phenols is 1. The topological polar surface area (TPSA) is 51.5 Å². The molecule has 0 unspecified atom stereocenters. The molecule has 120 valence electrons. The average Bonchev–Trinajstić information content (AvgIpc) is 3.02. The number of hydrogen-bond donors (Lipinski definition) is 1. The maximum atomic E-state index is 12.7. The molecule has 1 N–H and O–H groups in total. The van der Waals surface area contributed by atoms with E-state index in [9.17, 15) is 18.7 Å². The van der Waals surface area contributed by atoms with E-state index < -0.39 is 6.61 Å². The second-order valence-corrected chi connectivity index (χ2v) is 6.24. The van der Waals surface area contributed by atoms with Gasteiger partial charge in [0.25, 0.3) is 5.91 Å². The van der Waals surface area contributed by atoms with Crippen molar-refractivity contribution in [3.63, 3.8) is 0 Å². The van der Waals surface area contributed by atoms with Crippen molar-refractivity contribution in [1.29, 1.82) is 0 Å². The Labute approximate surface area is 138 Å². The molecule has 4 nitrogen and oxygen atoms in total. The largest absolute Gasteiger partial charge is 0.506 e. The normalized spacial score (nSPS) is 11.3. The highest BCUT2D eigenvalue weighted by molar-refractivity contribution is 7.15. The van der Waals surface area contributed by atoms with Gasteiger partial charge in [-0.2, -0.15) is 8.78 Å². The number of nitrogens with zero attached hydrogens (tertiary/aromatic N) is 1. The zero-order chi connectivity index (χ0) is 16.7. The van der Waals surface area contributed by atoms with Gasteiger partial charge in [-0.15, -0.1) is 0 Å². The van der Waals surface area contributed by atoms with Crippen LogP contribution in [0, 0.1) is 6.92 Å². The third-order valence-electron chi connectivity index (χ3n) is 3.25. The highest BCUT2D eigenvalue weighted by Gasteiger charge is 2.19. The minimum absolute atomic E-state index is 0.0341. The molecule has 0 aliphatic heterocycles. The molecule has 2 aromatic heterocycles. The second-order valence-electron chi connectivity index (χ2n) is 4.79. The first kappa shape index (κ1) is 15.8. The zero-order valence-electron chi connectivity index (χ0n) is 11.7. The van der Waals surface area contributed by atoms with Crippen LogP contribution in [-0.2, 0) is 0 Å². The molecule has 0 saturated carbocycles. The van der Waals surface area contributed by atoms with Crippen LogP contribution < -0.4 is 4.74 Å². The van der Waals surface area contributed by atoms with Gasteiger partial charge in [0.2, 0.25) is 0 Å². The Hall–Kier alpha value is -2.12. The number of hydrogen-bond acceptors (Lipinski definition) is 4. The SMILES string of the molecule is Cc1cc2cc(O)c(Cl)cc2n1C(=O)c1ccc(OC(F)F)s1. The number of aromatic hydroxyl groups is 1. The van der Waals surface area contributed by atoms with Crippen LogP contribution >= 0.6 is 22.9 Å². The Morgan fingerprint density at radius 3 is 2.78 bits per heavy atom. The Balaban J connectivity index is 2.05. The predicted octanol–water partition coefficient (Wildman–Crippen LogP) is 4.66. The molecule has 0 amide bonds. The summed E-state index contributed by atoms with van der Waals surface area (Å²) in [5.41, 5.74) is 1.16. The van der Waals surface area contributed by atoms with Crippen molar-refractivity contribution in [3.8, 4) is 10.8 Å². The van der Waals surface area contributed by atoms with Crippen LogP contribution in [-0.4, -0.2) is 22.2 Å². The monoisotopic (exact) mass is 357 g/mol. The first-order valence-corrected chi connectivity index (χ1v) is 7.66. The van der Waals surface area contributed by atoms with Gasteiger partial charge in [-0.3, -0.25) is 9.36 Å². The summed E-state index contributed by atoms with van der Waals surface area (Å²) in [5, 5.41) is 10.4. The molecule has 1 aromatic carbocycles. The highest BCUT2D eigenvalue weighted by atomic mass is 35.5. The predicted molar refractivity (Wildman–Crippen MR) is 84.0 cm³/mol. The molecule has 0 fully saturated rings. The summed E-state index contributed by atoms with van der Waals surface area (Å²) in [6, 6.07) is 7.44. The summed E-state index contributed by atoms with van der Waals surface area (Å²) in [5.74, 6) is -0.458. The van der Waals surface area contributed by atoms with Gasteiger partial charge in [0.1, 0.15) is 5.75 Å². The number of halogens is 3. The first-order valence-electron chi connectivity index (χ1n) is 6.46. The molecular weight excluding hydrogens is 348 g/mol. The summed E-state index contributed by atoms with van der Waals surface area (Å²) in [7, 11) is 0. The van der Waals surface area contributed by atoms with Crippen LogP contribution in [0.4, 0.5) is 8.78 Å². The van der Waals surface area contributed by atoms with Crippen LogP contribution in [0.25, 0.3) is 10.9 Å². The van der Waals surface area contributed by atoms with Crippen molar-refractivity contribution in [2.24, 2.45) is 0 Å². The van der Waals surface area contributed by atoms with E-state index in [1.165, 1.54) is 28.8 Å². The van der Waals surface area contributed by atoms with E-state index in [-0.39, 0.29) is 26.6 Å². The minimum atomic E-state index is -2.94. The van der Waals surface area contributed by atoms with Gasteiger partial charge in [-0.05, 0) is 37.3 Å². The Morgan fingerprint density at radius 2 is 2.09 bits per heavy atom. The van der Waals surface area contributed by atoms with E-state index in [2.05, 4.69) is 4.74 Å². The lowest BCUT2D eigenvalue weighted by Gasteiger charge is -2.06. The molecule has 3 aromatic rings. The van der Waals surface area contributed by atoms with E-state index in [0.29, 0.717) is 16.6 Å². The number of thiophene rings is 1. The Bertz CT molecular complexity index is 904. The van der Waals surface area contributed by atoms with E-state index >= 15 is 0 Å². The number of carbonyl (C=O) groups excluding carboxylic acids is 1. The van der Waals surface area contributed by atoms with Crippen molar-refractivity contribution >= 4 is 39.7 Å². The van der Waals surface area contributed by atoms with Crippen LogP contribution in [0.3, 0.4) is 0 Å². The lowest BCUT2D eigenvalue weighted by molar-refractivity contribution is -0.0472. The van der Waals surface area contributed by atoms with Crippen LogP contribution in [0.1, 0.15) is 15.4 Å². The molecule has 0 aliphatic carbocycles. The lowest BCUT2D eigenvalue weighted by Crippen LogP contribution is -2.11. The fourth-order valence-corrected chi connectivity index (χ4v) is 3.27. The van der Waals surface area contributed by atoms with Gasteiger partial charge in [-0.25, -0.2) is 0 Å². The Morgan fingerprint density at radius 1 is 1.35 bits per heavy atom. The van der Waals surface area contributed by atoms with Crippen molar-refractivity contribution in [3.05, 3.63) is 45.9 Å². The van der Waals surface area contributed by atoms with E-state index in [1.807, 2.05) is 0 Å². The fraction of sp³-hybridized carbons (Fsp3) is 0.133. The molecule has 23 heavy (non-hydrogen) atoms. The van der Waals surface area contributed by atoms with E-state index in [4.69, 9.17) is 11.6 Å². The van der Waals surface area contributed by atoms with Crippen LogP contribution in [0.15, 0.2) is 30.3 Å². The number of benzene rings is 1. The summed E-state index contributed by atoms with van der Waals surface area (Å²) < 4.78 is 30.1. The number of alkyl halides is 2. The summed E-state index contributed by atoms with van der Waals surface area (Å²) in [6.45, 7) is -1.21. The molecule has 0 radical (unpaired) electrons. The maximum absolute atomic E-state index is 12.7. The van der Waals surface area contributed by atoms with Gasteiger partial charge >= 0.3 is 6.61 Å². The number of rotatable bonds is 3. The molecule has 8 heteroatoms. The molecule has 3 rings (SSSR count). The standard InChI is InChI=1S/C15H10ClF2NO3S/c1-7-4-8-5-11(20)9(16)6-10(8)19(7)14(21)12-2-3-13(23-12)22-15(17)18/h2-6,15,20H,1H3. The number of carbonyl (C=O) groups is 1. The second kappa shape index (κ2) is 5.82. The quantitative estimate of drug-likeness (QED) is 0.741. The fourth-order valence-electron chi connectivity index (χ4n) is 2.32. The molecule has 0 spiro atoms. The van der Waals surface area contributed by atoms with E-state index in [1.54, 1.807) is 13.0 Å². The highest BCUT2D eigenvalue weighted by Crippen LogP contribution is 2.33. The minimum Gasteiger partial charge on any atom is -0.506 e. The number of aryl methyl sites for hydroxylation is 1. The first-order chi connectivity index (χ1) is 10.9. The summed E-state index contributed by atoms with van der Waals surface area (Å²) in [4.78, 5) is 12.9. The van der Waals surface area contributed by atoms with Crippen molar-refractivity contribution in [2.75, 3.05) is 0 Å². The third kappa shape index (κ3) is 2.89. The lowest BCUT2D eigenvalue weighted by atomic mass is 10.2. The van der Waals surface area contributed by atoms with E-state index in [0.717, 1.165) is 11.3 Å². The molecular formula is C15H10ClF2NO3S. The van der Waals surface area contributed by atoms with Crippen LogP contribution in [0.5, 0.6) is 10.8 Å². The number of phenolic OH excluding ortho intramolecular Hbond substituents is 1. The van der Waals surface area contributed by atoms with Gasteiger partial charge in [0, 0.05) is 11.1 Å². The number of fused-ring (bicyclic) bond motifs is 1. The maximum Gasteiger partial charge on any atom is 0.388 e. The average molecular weight is 358 g/mol. The van der Waals surface area contributed by atoms with Crippen LogP contribution in [0.2, 0.25) is 5.02 Å². The van der Waals surface area contributed by atoms with Gasteiger partial charge in [-0.1, -0.05) is 22.9 Å². The summed E-state index contributed by atoms with van der Waals surface area (Å²) >= 11 is 6.74. The van der Waals surface area contributed by atoms with Crippen molar-refractivity contribution in [2.45, 2.75) is 13.5 Å². The van der Waals surface area contributed by atoms with Crippen molar-refractivity contribution < 1.29 is 23.4 Å². The van der Waals surface area contributed by atoms with Gasteiger partial charge in [0.15, 0.2) is 5.06 Å². The van der Waals surface area contributed by atoms with Crippen molar-refractivity contribution in [1.82, 2.24) is 4.57 Å². The molecule has 0 atom stereocenters.